The number of hydrogen-bond donors (Lipinski definition) is 0. The van der Waals surface area contributed by atoms with Gasteiger partial charge in [0.2, 0.25) is 6.04 Å². The van der Waals surface area contributed by atoms with Crippen molar-refractivity contribution >= 4 is 0 Å². The molecule has 2 aliphatic heterocycles. The van der Waals surface area contributed by atoms with Crippen molar-refractivity contribution in [2.45, 2.75) is 44.3 Å². The number of nitrogens with zero attached hydrogens (tertiary/aromatic N) is 2. The second-order valence-electron chi connectivity index (χ2n) is 5.35. The van der Waals surface area contributed by atoms with E-state index < -0.39 is 0 Å². The summed E-state index contributed by atoms with van der Waals surface area (Å²) in [6.45, 7) is 12.3. The lowest BCUT2D eigenvalue weighted by molar-refractivity contribution is -0.0533. The molecule has 6 heteroatoms. The van der Waals surface area contributed by atoms with E-state index in [2.05, 4.69) is 10.9 Å². The fraction of sp³-hybridized carbons (Fsp3) is 0.857. The molecule has 2 fully saturated rings. The highest BCUT2D eigenvalue weighted by molar-refractivity contribution is 4.96. The highest BCUT2D eigenvalue weighted by Crippen LogP contribution is 2.30. The topological polar surface area (TPSA) is 65.1 Å². The zero-order valence-electron chi connectivity index (χ0n) is 11.8. The molecule has 20 heavy (non-hydrogen) atoms. The lowest BCUT2D eigenvalue weighted by Crippen LogP contribution is -2.35. The summed E-state index contributed by atoms with van der Waals surface area (Å²) in [7, 11) is 0. The largest absolute Gasteiger partial charge is 0.372 e. The second-order valence-corrected chi connectivity index (χ2v) is 5.35. The minimum Gasteiger partial charge on any atom is -0.372 e. The first-order chi connectivity index (χ1) is 9.65. The summed E-state index contributed by atoms with van der Waals surface area (Å²) in [6, 6.07) is 1.98. The van der Waals surface area contributed by atoms with Crippen LogP contribution >= 0.6 is 0 Å². The van der Waals surface area contributed by atoms with Gasteiger partial charge in [0.1, 0.15) is 31.0 Å². The second kappa shape index (κ2) is 7.01. The summed E-state index contributed by atoms with van der Waals surface area (Å²) in [5.41, 5.74) is 0. The molecule has 6 nitrogen and oxygen atoms in total. The molecule has 0 aliphatic carbocycles. The van der Waals surface area contributed by atoms with E-state index in [1.165, 1.54) is 0 Å². The molecule has 0 amide bonds. The average Bonchev–Trinajstić information content (AvgIpc) is 3.04. The van der Waals surface area contributed by atoms with Gasteiger partial charge in [-0.05, 0) is 6.92 Å². The summed E-state index contributed by atoms with van der Waals surface area (Å²) >= 11 is 0. The van der Waals surface area contributed by atoms with Crippen LogP contribution in [0.1, 0.15) is 13.8 Å². The van der Waals surface area contributed by atoms with Gasteiger partial charge in [0, 0.05) is 6.92 Å². The molecule has 2 saturated heterocycles. The molecule has 0 saturated carbocycles. The average molecular weight is 280 g/mol. The van der Waals surface area contributed by atoms with E-state index in [9.17, 15) is 0 Å². The van der Waals surface area contributed by atoms with Gasteiger partial charge in [-0.3, -0.25) is 0 Å². The number of fused-ring (bicyclic) bond motifs is 1. The van der Waals surface area contributed by atoms with Crippen molar-refractivity contribution in [1.29, 1.82) is 5.26 Å². The molecule has 2 aliphatic rings. The smallest absolute Gasteiger partial charge is 0.243 e. The normalized spacial score (nSPS) is 35.0. The van der Waals surface area contributed by atoms with E-state index in [0.29, 0.717) is 26.4 Å². The standard InChI is InChI=1S/C14H20N2O4/c1-9(4-15)5-17-11-7-19-14-12(8-20-13(11)14)18-6-10(2)16-3/h9-14H,5-8H2,1-2H3/t9?,10?,11-,12-,13?,14?/m0/s1. The van der Waals surface area contributed by atoms with E-state index in [-0.39, 0.29) is 36.4 Å². The van der Waals surface area contributed by atoms with Gasteiger partial charge in [-0.15, -0.1) is 0 Å². The molecular weight excluding hydrogens is 260 g/mol. The van der Waals surface area contributed by atoms with Crippen LogP contribution in [-0.2, 0) is 18.9 Å². The number of ether oxygens (including phenoxy) is 4. The van der Waals surface area contributed by atoms with E-state index in [1.54, 1.807) is 0 Å². The molecule has 0 N–H and O–H groups in total. The number of rotatable bonds is 6. The molecule has 0 radical (unpaired) electrons. The Morgan fingerprint density at radius 1 is 1.20 bits per heavy atom. The van der Waals surface area contributed by atoms with Gasteiger partial charge in [-0.1, -0.05) is 0 Å². The van der Waals surface area contributed by atoms with Gasteiger partial charge < -0.3 is 23.8 Å². The molecule has 2 rings (SSSR count). The zero-order chi connectivity index (χ0) is 14.5. The Kier molecular flexibility index (Phi) is 5.33. The van der Waals surface area contributed by atoms with Gasteiger partial charge in [-0.2, -0.15) is 5.26 Å². The van der Waals surface area contributed by atoms with Crippen molar-refractivity contribution < 1.29 is 18.9 Å². The molecule has 6 atom stereocenters. The highest BCUT2D eigenvalue weighted by Gasteiger charge is 2.49. The fourth-order valence-electron chi connectivity index (χ4n) is 2.32. The van der Waals surface area contributed by atoms with Crippen molar-refractivity contribution in [3.05, 3.63) is 11.4 Å². The van der Waals surface area contributed by atoms with Crippen LogP contribution in [-0.4, -0.2) is 56.9 Å². The SMILES string of the molecule is [C-]#[N+]C(C)CO[C@H]1COC2C1OC[C@@H]2OCC(C)C#N. The maximum absolute atomic E-state index is 8.75. The number of hydrogen-bond acceptors (Lipinski definition) is 5. The number of nitriles is 1. The minimum atomic E-state index is -0.154. The van der Waals surface area contributed by atoms with E-state index in [4.69, 9.17) is 30.8 Å². The van der Waals surface area contributed by atoms with Crippen molar-refractivity contribution in [3.8, 4) is 6.07 Å². The summed E-state index contributed by atoms with van der Waals surface area (Å²) in [5, 5.41) is 8.75. The summed E-state index contributed by atoms with van der Waals surface area (Å²) in [4.78, 5) is 3.40. The van der Waals surface area contributed by atoms with E-state index >= 15 is 0 Å². The van der Waals surface area contributed by atoms with Gasteiger partial charge in [0.05, 0.1) is 31.8 Å². The Hall–Kier alpha value is -1.18. The summed E-state index contributed by atoms with van der Waals surface area (Å²) in [6.07, 6.45) is -0.529. The molecular formula is C14H20N2O4. The Labute approximate surface area is 119 Å². The van der Waals surface area contributed by atoms with Crippen LogP contribution in [0.2, 0.25) is 0 Å². The van der Waals surface area contributed by atoms with Crippen LogP contribution < -0.4 is 0 Å². The first kappa shape index (κ1) is 15.2. The minimum absolute atomic E-state index is 0.129. The Morgan fingerprint density at radius 2 is 1.75 bits per heavy atom. The molecule has 0 aromatic heterocycles. The van der Waals surface area contributed by atoms with Crippen LogP contribution in [0.15, 0.2) is 0 Å². The van der Waals surface area contributed by atoms with Gasteiger partial charge in [0.15, 0.2) is 0 Å². The van der Waals surface area contributed by atoms with Crippen LogP contribution in [0, 0.1) is 23.8 Å². The monoisotopic (exact) mass is 280 g/mol. The third-order valence-corrected chi connectivity index (χ3v) is 3.52. The van der Waals surface area contributed by atoms with Crippen LogP contribution in [0.3, 0.4) is 0 Å². The van der Waals surface area contributed by atoms with Gasteiger partial charge in [-0.25, -0.2) is 6.57 Å². The third-order valence-electron chi connectivity index (χ3n) is 3.52. The predicted octanol–water partition coefficient (Wildman–Crippen LogP) is 1.02. The Bertz CT molecular complexity index is 365. The van der Waals surface area contributed by atoms with Crippen LogP contribution in [0.25, 0.3) is 4.85 Å². The van der Waals surface area contributed by atoms with Crippen molar-refractivity contribution in [2.24, 2.45) is 5.92 Å². The third kappa shape index (κ3) is 3.47. The lowest BCUT2D eigenvalue weighted by Gasteiger charge is -2.17. The summed E-state index contributed by atoms with van der Waals surface area (Å²) < 4.78 is 22.8. The molecule has 0 aromatic rings. The molecule has 110 valence electrons. The predicted molar refractivity (Wildman–Crippen MR) is 69.8 cm³/mol. The highest BCUT2D eigenvalue weighted by atomic mass is 16.6. The lowest BCUT2D eigenvalue weighted by atomic mass is 10.1. The van der Waals surface area contributed by atoms with Crippen molar-refractivity contribution in [2.75, 3.05) is 26.4 Å². The summed E-state index contributed by atoms with van der Waals surface area (Å²) in [5.74, 6) is -0.137. The maximum atomic E-state index is 8.75. The Morgan fingerprint density at radius 3 is 2.25 bits per heavy atom. The molecule has 0 bridgehead atoms. The molecule has 0 aromatic carbocycles. The fourth-order valence-corrected chi connectivity index (χ4v) is 2.32. The van der Waals surface area contributed by atoms with Crippen molar-refractivity contribution in [1.82, 2.24) is 0 Å². The van der Waals surface area contributed by atoms with Crippen LogP contribution in [0.4, 0.5) is 0 Å². The first-order valence-electron chi connectivity index (χ1n) is 6.88. The first-order valence-corrected chi connectivity index (χ1v) is 6.88. The molecule has 2 heterocycles. The molecule has 4 unspecified atom stereocenters. The molecule has 0 spiro atoms. The zero-order valence-corrected chi connectivity index (χ0v) is 11.8. The van der Waals surface area contributed by atoms with Crippen molar-refractivity contribution in [3.63, 3.8) is 0 Å². The Balaban J connectivity index is 1.79. The van der Waals surface area contributed by atoms with E-state index in [1.807, 2.05) is 13.8 Å². The van der Waals surface area contributed by atoms with Gasteiger partial charge >= 0.3 is 0 Å². The maximum Gasteiger partial charge on any atom is 0.243 e. The van der Waals surface area contributed by atoms with Crippen LogP contribution in [0.5, 0.6) is 0 Å². The quantitative estimate of drug-likeness (QED) is 0.680. The van der Waals surface area contributed by atoms with E-state index in [0.717, 1.165) is 0 Å². The van der Waals surface area contributed by atoms with Gasteiger partial charge in [0.25, 0.3) is 0 Å².